The molecule has 1 fully saturated rings. The van der Waals surface area contributed by atoms with Crippen molar-refractivity contribution in [2.24, 2.45) is 0 Å². The summed E-state index contributed by atoms with van der Waals surface area (Å²) < 4.78 is 40.3. The highest BCUT2D eigenvalue weighted by Gasteiger charge is 2.27. The molecule has 6 heteroatoms. The molecule has 3 rings (SSSR count). The first-order chi connectivity index (χ1) is 12.5. The van der Waals surface area contributed by atoms with Crippen LogP contribution in [0.15, 0.2) is 60.7 Å². The number of piperazine rings is 1. The second-order valence-electron chi connectivity index (χ2n) is 6.36. The van der Waals surface area contributed by atoms with Crippen molar-refractivity contribution in [2.75, 3.05) is 32.7 Å². The van der Waals surface area contributed by atoms with Crippen LogP contribution >= 0.6 is 0 Å². The molecule has 0 aromatic heterocycles. The van der Waals surface area contributed by atoms with Crippen molar-refractivity contribution < 1.29 is 12.8 Å². The molecule has 0 atom stereocenters. The van der Waals surface area contributed by atoms with E-state index in [0.717, 1.165) is 12.1 Å². The molecule has 0 amide bonds. The van der Waals surface area contributed by atoms with E-state index in [4.69, 9.17) is 0 Å². The summed E-state index contributed by atoms with van der Waals surface area (Å²) in [6.45, 7) is 3.02. The van der Waals surface area contributed by atoms with Gasteiger partial charge in [-0.15, -0.1) is 0 Å². The fourth-order valence-corrected chi connectivity index (χ4v) is 4.52. The van der Waals surface area contributed by atoms with Gasteiger partial charge in [-0.2, -0.15) is 4.31 Å². The molecule has 1 heterocycles. The van der Waals surface area contributed by atoms with Gasteiger partial charge in [-0.1, -0.05) is 60.7 Å². The number of halogens is 1. The largest absolute Gasteiger partial charge is 0.297 e. The molecule has 0 N–H and O–H groups in total. The van der Waals surface area contributed by atoms with Crippen LogP contribution in [0.4, 0.5) is 4.39 Å². The van der Waals surface area contributed by atoms with Gasteiger partial charge in [0, 0.05) is 38.3 Å². The first kappa shape index (κ1) is 18.8. The highest BCUT2D eigenvalue weighted by Crippen LogP contribution is 2.16. The van der Waals surface area contributed by atoms with E-state index in [1.54, 1.807) is 12.1 Å². The minimum Gasteiger partial charge on any atom is -0.297 e. The maximum absolute atomic E-state index is 13.7. The van der Waals surface area contributed by atoms with Gasteiger partial charge in [0.1, 0.15) is 5.82 Å². The van der Waals surface area contributed by atoms with Gasteiger partial charge in [0.15, 0.2) is 0 Å². The van der Waals surface area contributed by atoms with Gasteiger partial charge >= 0.3 is 0 Å². The maximum atomic E-state index is 13.7. The van der Waals surface area contributed by atoms with E-state index < -0.39 is 15.8 Å². The maximum Gasteiger partial charge on any atom is 0.218 e. The molecule has 1 aliphatic heterocycles. The molecule has 1 saturated heterocycles. The summed E-state index contributed by atoms with van der Waals surface area (Å²) in [4.78, 5) is 2.22. The summed E-state index contributed by atoms with van der Waals surface area (Å²) in [7, 11) is -3.50. The van der Waals surface area contributed by atoms with E-state index in [9.17, 15) is 12.8 Å². The Kier molecular flexibility index (Phi) is 6.19. The zero-order chi connectivity index (χ0) is 18.4. The van der Waals surface area contributed by atoms with Crippen molar-refractivity contribution in [1.29, 1.82) is 0 Å². The number of hydrogen-bond acceptors (Lipinski definition) is 3. The van der Waals surface area contributed by atoms with Crippen molar-refractivity contribution in [2.45, 2.75) is 5.75 Å². The Morgan fingerprint density at radius 2 is 1.58 bits per heavy atom. The highest BCUT2D eigenvalue weighted by molar-refractivity contribution is 7.88. The van der Waals surface area contributed by atoms with E-state index in [1.807, 2.05) is 30.3 Å². The van der Waals surface area contributed by atoms with Crippen LogP contribution in [-0.2, 0) is 15.8 Å². The molecule has 2 aromatic carbocycles. The molecule has 2 aromatic rings. The predicted molar refractivity (Wildman–Crippen MR) is 103 cm³/mol. The normalized spacial score (nSPS) is 17.0. The monoisotopic (exact) mass is 374 g/mol. The Hall–Kier alpha value is -2.02. The quantitative estimate of drug-likeness (QED) is 0.781. The van der Waals surface area contributed by atoms with Crippen molar-refractivity contribution in [3.8, 4) is 0 Å². The zero-order valence-corrected chi connectivity index (χ0v) is 15.4. The molecule has 0 bridgehead atoms. The average molecular weight is 374 g/mol. The van der Waals surface area contributed by atoms with E-state index in [0.29, 0.717) is 26.2 Å². The fraction of sp³-hybridized carbons (Fsp3) is 0.300. The number of benzene rings is 2. The molecule has 138 valence electrons. The van der Waals surface area contributed by atoms with Crippen LogP contribution in [0.2, 0.25) is 0 Å². The summed E-state index contributed by atoms with van der Waals surface area (Å²) in [6, 6.07) is 16.1. The Bertz CT molecular complexity index is 845. The molecule has 0 unspecified atom stereocenters. The summed E-state index contributed by atoms with van der Waals surface area (Å²) in [5.74, 6) is -0.756. The fourth-order valence-electron chi connectivity index (χ4n) is 3.00. The lowest BCUT2D eigenvalue weighted by Gasteiger charge is -2.33. The number of hydrogen-bond donors (Lipinski definition) is 0. The lowest BCUT2D eigenvalue weighted by Crippen LogP contribution is -2.48. The van der Waals surface area contributed by atoms with Gasteiger partial charge in [0.25, 0.3) is 0 Å². The van der Waals surface area contributed by atoms with Crippen LogP contribution in [0.1, 0.15) is 11.1 Å². The zero-order valence-electron chi connectivity index (χ0n) is 14.6. The molecule has 1 aliphatic rings. The van der Waals surface area contributed by atoms with E-state index in [-0.39, 0.29) is 11.3 Å². The topological polar surface area (TPSA) is 40.6 Å². The minimum atomic E-state index is -3.50. The second-order valence-corrected chi connectivity index (χ2v) is 8.33. The number of sulfonamides is 1. The standard InChI is InChI=1S/C20H23FN2O2S/c21-20-11-5-4-10-19(20)17-26(24,25)23-15-13-22(14-16-23)12-6-9-18-7-2-1-3-8-18/h1-11H,12-17H2. The Morgan fingerprint density at radius 1 is 0.923 bits per heavy atom. The number of rotatable bonds is 6. The van der Waals surface area contributed by atoms with E-state index in [2.05, 4.69) is 17.1 Å². The van der Waals surface area contributed by atoms with Crippen LogP contribution in [-0.4, -0.2) is 50.3 Å². The van der Waals surface area contributed by atoms with Crippen molar-refractivity contribution >= 4 is 16.1 Å². The van der Waals surface area contributed by atoms with Crippen LogP contribution in [0, 0.1) is 5.82 Å². The van der Waals surface area contributed by atoms with Gasteiger partial charge in [0.2, 0.25) is 10.0 Å². The smallest absolute Gasteiger partial charge is 0.218 e. The Balaban J connectivity index is 1.51. The Labute approximate surface area is 154 Å². The Morgan fingerprint density at radius 3 is 2.27 bits per heavy atom. The molecular formula is C20H23FN2O2S. The second kappa shape index (κ2) is 8.58. The van der Waals surface area contributed by atoms with Crippen molar-refractivity contribution in [3.63, 3.8) is 0 Å². The summed E-state index contributed by atoms with van der Waals surface area (Å²) in [6.07, 6.45) is 4.17. The molecule has 0 radical (unpaired) electrons. The SMILES string of the molecule is O=S(=O)(Cc1ccccc1F)N1CCN(CC=Cc2ccccc2)CC1. The first-order valence-corrected chi connectivity index (χ1v) is 10.3. The summed E-state index contributed by atoms with van der Waals surface area (Å²) in [5.41, 5.74) is 1.37. The third-order valence-corrected chi connectivity index (χ3v) is 6.32. The molecular weight excluding hydrogens is 351 g/mol. The molecule has 0 saturated carbocycles. The predicted octanol–water partition coefficient (Wildman–Crippen LogP) is 2.99. The van der Waals surface area contributed by atoms with Gasteiger partial charge in [-0.05, 0) is 11.6 Å². The van der Waals surface area contributed by atoms with Crippen molar-refractivity contribution in [3.05, 3.63) is 77.6 Å². The third kappa shape index (κ3) is 5.00. The van der Waals surface area contributed by atoms with Crippen LogP contribution in [0.5, 0.6) is 0 Å². The van der Waals surface area contributed by atoms with Gasteiger partial charge in [-0.25, -0.2) is 12.8 Å². The lowest BCUT2D eigenvalue weighted by atomic mass is 10.2. The average Bonchev–Trinajstić information content (AvgIpc) is 2.65. The van der Waals surface area contributed by atoms with E-state index in [1.165, 1.54) is 16.4 Å². The van der Waals surface area contributed by atoms with Gasteiger partial charge < -0.3 is 0 Å². The molecule has 0 aliphatic carbocycles. The highest BCUT2D eigenvalue weighted by atomic mass is 32.2. The van der Waals surface area contributed by atoms with Crippen LogP contribution < -0.4 is 0 Å². The third-order valence-electron chi connectivity index (χ3n) is 4.49. The molecule has 4 nitrogen and oxygen atoms in total. The summed E-state index contributed by atoms with van der Waals surface area (Å²) in [5, 5.41) is 0. The van der Waals surface area contributed by atoms with Crippen LogP contribution in [0.3, 0.4) is 0 Å². The minimum absolute atomic E-state index is 0.223. The first-order valence-electron chi connectivity index (χ1n) is 8.70. The molecule has 0 spiro atoms. The number of nitrogens with zero attached hydrogens (tertiary/aromatic N) is 2. The van der Waals surface area contributed by atoms with Gasteiger partial charge in [0.05, 0.1) is 5.75 Å². The summed E-state index contributed by atoms with van der Waals surface area (Å²) >= 11 is 0. The molecule has 26 heavy (non-hydrogen) atoms. The van der Waals surface area contributed by atoms with Gasteiger partial charge in [-0.3, -0.25) is 4.90 Å². The van der Waals surface area contributed by atoms with Crippen LogP contribution in [0.25, 0.3) is 6.08 Å². The van der Waals surface area contributed by atoms with Crippen molar-refractivity contribution in [1.82, 2.24) is 9.21 Å². The lowest BCUT2D eigenvalue weighted by molar-refractivity contribution is 0.204. The van der Waals surface area contributed by atoms with E-state index >= 15 is 0 Å².